The summed E-state index contributed by atoms with van der Waals surface area (Å²) < 4.78 is 43.3. The van der Waals surface area contributed by atoms with Crippen LogP contribution < -0.4 is 5.32 Å². The van der Waals surface area contributed by atoms with Crippen molar-refractivity contribution in [3.05, 3.63) is 65.3 Å². The molecule has 0 fully saturated rings. The zero-order valence-corrected chi connectivity index (χ0v) is 17.1. The molecule has 7 nitrogen and oxygen atoms in total. The Morgan fingerprint density at radius 2 is 2.07 bits per heavy atom. The van der Waals surface area contributed by atoms with Crippen LogP contribution in [0.2, 0.25) is 0 Å². The Kier molecular flexibility index (Phi) is 5.38. The summed E-state index contributed by atoms with van der Waals surface area (Å²) in [5.74, 6) is -0.0681. The number of fused-ring (bicyclic) bond motifs is 1. The summed E-state index contributed by atoms with van der Waals surface area (Å²) in [7, 11) is -3.31. The van der Waals surface area contributed by atoms with Crippen molar-refractivity contribution in [3.8, 4) is 11.4 Å². The lowest BCUT2D eigenvalue weighted by atomic mass is 10.0. The summed E-state index contributed by atoms with van der Waals surface area (Å²) in [4.78, 5) is 16.9. The Morgan fingerprint density at radius 3 is 2.87 bits per heavy atom. The van der Waals surface area contributed by atoms with Gasteiger partial charge in [-0.2, -0.15) is 4.98 Å². The van der Waals surface area contributed by atoms with E-state index in [4.69, 9.17) is 4.52 Å². The van der Waals surface area contributed by atoms with E-state index in [0.717, 1.165) is 0 Å². The number of nitrogens with zero attached hydrogens (tertiary/aromatic N) is 2. The minimum absolute atomic E-state index is 0.00487. The summed E-state index contributed by atoms with van der Waals surface area (Å²) >= 11 is 0. The van der Waals surface area contributed by atoms with Gasteiger partial charge in [-0.1, -0.05) is 35.5 Å². The van der Waals surface area contributed by atoms with Crippen LogP contribution in [0.25, 0.3) is 11.4 Å². The lowest BCUT2D eigenvalue weighted by Crippen LogP contribution is -2.34. The number of rotatable bonds is 5. The van der Waals surface area contributed by atoms with Crippen molar-refractivity contribution < 1.29 is 22.1 Å². The van der Waals surface area contributed by atoms with E-state index in [-0.39, 0.29) is 53.0 Å². The molecule has 1 atom stereocenters. The Morgan fingerprint density at radius 1 is 1.27 bits per heavy atom. The predicted molar refractivity (Wildman–Crippen MR) is 107 cm³/mol. The number of carbonyl (C=O) groups excluding carboxylic acids is 1. The van der Waals surface area contributed by atoms with Gasteiger partial charge in [-0.15, -0.1) is 0 Å². The third-order valence-electron chi connectivity index (χ3n) is 5.10. The molecule has 0 aliphatic carbocycles. The average Bonchev–Trinajstić information content (AvgIpc) is 3.20. The average molecular weight is 429 g/mol. The van der Waals surface area contributed by atoms with E-state index < -0.39 is 9.84 Å². The van der Waals surface area contributed by atoms with Gasteiger partial charge in [-0.25, -0.2) is 12.8 Å². The number of carbonyl (C=O) groups is 1. The lowest BCUT2D eigenvalue weighted by Gasteiger charge is -2.26. The van der Waals surface area contributed by atoms with Crippen LogP contribution in [0.1, 0.15) is 35.9 Å². The van der Waals surface area contributed by atoms with Crippen LogP contribution in [-0.4, -0.2) is 30.2 Å². The molecule has 2 heterocycles. The quantitative estimate of drug-likeness (QED) is 0.668. The zero-order valence-electron chi connectivity index (χ0n) is 16.3. The summed E-state index contributed by atoms with van der Waals surface area (Å²) in [5.41, 5.74) is 1.63. The summed E-state index contributed by atoms with van der Waals surface area (Å²) in [6.45, 7) is 1.67. The molecule has 0 saturated carbocycles. The molecule has 0 saturated heterocycles. The fraction of sp³-hybridized carbons (Fsp3) is 0.286. The highest BCUT2D eigenvalue weighted by Gasteiger charge is 2.30. The number of benzene rings is 2. The highest BCUT2D eigenvalue weighted by Crippen LogP contribution is 2.32. The molecule has 1 N–H and O–H groups in total. The molecule has 2 aromatic carbocycles. The monoisotopic (exact) mass is 429 g/mol. The molecule has 30 heavy (non-hydrogen) atoms. The van der Waals surface area contributed by atoms with E-state index in [2.05, 4.69) is 15.5 Å². The summed E-state index contributed by atoms with van der Waals surface area (Å²) in [5, 5.41) is 6.74. The van der Waals surface area contributed by atoms with Gasteiger partial charge in [0.25, 0.3) is 0 Å². The second-order valence-corrected chi connectivity index (χ2v) is 9.32. The standard InChI is InChI=1S/C21H20FN3O4S/c1-13-6-7-14(12-16(13)22)21-24-20(29-25-21)9-8-19(26)23-17-10-11-30(27,28)18-5-3-2-4-15(17)18/h2-7,12,17H,8-11H2,1H3,(H,23,26). The Balaban J connectivity index is 1.39. The van der Waals surface area contributed by atoms with Gasteiger partial charge in [0.15, 0.2) is 9.84 Å². The van der Waals surface area contributed by atoms with Crippen molar-refractivity contribution in [2.75, 3.05) is 5.75 Å². The largest absolute Gasteiger partial charge is 0.349 e. The smallest absolute Gasteiger partial charge is 0.227 e. The first-order valence-corrected chi connectivity index (χ1v) is 11.2. The molecular weight excluding hydrogens is 409 g/mol. The van der Waals surface area contributed by atoms with Crippen LogP contribution in [0, 0.1) is 12.7 Å². The van der Waals surface area contributed by atoms with Crippen molar-refractivity contribution in [2.45, 2.75) is 37.1 Å². The van der Waals surface area contributed by atoms with Gasteiger partial charge in [0, 0.05) is 18.4 Å². The fourth-order valence-electron chi connectivity index (χ4n) is 3.43. The highest BCUT2D eigenvalue weighted by molar-refractivity contribution is 7.91. The predicted octanol–water partition coefficient (Wildman–Crippen LogP) is 3.15. The van der Waals surface area contributed by atoms with Crippen molar-refractivity contribution in [2.24, 2.45) is 0 Å². The molecule has 4 rings (SSSR count). The van der Waals surface area contributed by atoms with Gasteiger partial charge in [-0.3, -0.25) is 4.79 Å². The number of hydrogen-bond acceptors (Lipinski definition) is 6. The number of hydrogen-bond donors (Lipinski definition) is 1. The molecule has 0 radical (unpaired) electrons. The van der Waals surface area contributed by atoms with Crippen LogP contribution in [-0.2, 0) is 21.1 Å². The van der Waals surface area contributed by atoms with Crippen molar-refractivity contribution in [1.29, 1.82) is 0 Å². The van der Waals surface area contributed by atoms with E-state index in [0.29, 0.717) is 23.1 Å². The van der Waals surface area contributed by atoms with Crippen molar-refractivity contribution in [3.63, 3.8) is 0 Å². The first-order valence-electron chi connectivity index (χ1n) is 9.53. The first kappa shape index (κ1) is 20.2. The third-order valence-corrected chi connectivity index (χ3v) is 6.92. The van der Waals surface area contributed by atoms with Crippen LogP contribution in [0.4, 0.5) is 4.39 Å². The number of amides is 1. The normalized spacial score (nSPS) is 17.3. The first-order chi connectivity index (χ1) is 14.3. The molecule has 0 spiro atoms. The number of nitrogens with one attached hydrogen (secondary N) is 1. The second-order valence-electron chi connectivity index (χ2n) is 7.24. The summed E-state index contributed by atoms with van der Waals surface area (Å²) in [6.07, 6.45) is 0.657. The van der Waals surface area contributed by atoms with Gasteiger partial charge in [0.1, 0.15) is 5.82 Å². The molecule has 1 amide bonds. The summed E-state index contributed by atoms with van der Waals surface area (Å²) in [6, 6.07) is 11.0. The molecule has 1 unspecified atom stereocenters. The van der Waals surface area contributed by atoms with E-state index in [9.17, 15) is 17.6 Å². The van der Waals surface area contributed by atoms with E-state index >= 15 is 0 Å². The number of aromatic nitrogens is 2. The minimum atomic E-state index is -3.31. The van der Waals surface area contributed by atoms with Gasteiger partial charge >= 0.3 is 0 Å². The maximum Gasteiger partial charge on any atom is 0.227 e. The maximum atomic E-state index is 13.7. The van der Waals surface area contributed by atoms with Crippen LogP contribution >= 0.6 is 0 Å². The van der Waals surface area contributed by atoms with Gasteiger partial charge in [-0.05, 0) is 36.6 Å². The van der Waals surface area contributed by atoms with E-state index in [1.807, 2.05) is 0 Å². The highest BCUT2D eigenvalue weighted by atomic mass is 32.2. The SMILES string of the molecule is Cc1ccc(-c2noc(CCC(=O)NC3CCS(=O)(=O)c4ccccc43)n2)cc1F. The van der Waals surface area contributed by atoms with Crippen LogP contribution in [0.15, 0.2) is 51.9 Å². The molecule has 1 aromatic heterocycles. The Labute approximate surface area is 173 Å². The number of aryl methyl sites for hydroxylation is 2. The van der Waals surface area contributed by atoms with E-state index in [1.165, 1.54) is 6.07 Å². The lowest BCUT2D eigenvalue weighted by molar-refractivity contribution is -0.122. The Bertz CT molecular complexity index is 1210. The third kappa shape index (κ3) is 4.11. The van der Waals surface area contributed by atoms with Crippen molar-refractivity contribution in [1.82, 2.24) is 15.5 Å². The minimum Gasteiger partial charge on any atom is -0.349 e. The van der Waals surface area contributed by atoms with Gasteiger partial charge < -0.3 is 9.84 Å². The van der Waals surface area contributed by atoms with Gasteiger partial charge in [0.2, 0.25) is 17.6 Å². The molecule has 3 aromatic rings. The number of halogens is 1. The number of sulfone groups is 1. The molecule has 0 bridgehead atoms. The molecular formula is C21H20FN3O4S. The maximum absolute atomic E-state index is 13.7. The second kappa shape index (κ2) is 7.98. The van der Waals surface area contributed by atoms with Gasteiger partial charge in [0.05, 0.1) is 16.7 Å². The van der Waals surface area contributed by atoms with Crippen LogP contribution in [0.3, 0.4) is 0 Å². The molecule has 1 aliphatic heterocycles. The van der Waals surface area contributed by atoms with Crippen molar-refractivity contribution >= 4 is 15.7 Å². The van der Waals surface area contributed by atoms with E-state index in [1.54, 1.807) is 43.3 Å². The fourth-order valence-corrected chi connectivity index (χ4v) is 5.05. The molecule has 156 valence electrons. The topological polar surface area (TPSA) is 102 Å². The van der Waals surface area contributed by atoms with Crippen LogP contribution in [0.5, 0.6) is 0 Å². The Hall–Kier alpha value is -3.07. The molecule has 1 aliphatic rings. The zero-order chi connectivity index (χ0) is 21.3. The molecule has 9 heteroatoms.